The molecule has 0 unspecified atom stereocenters. The summed E-state index contributed by atoms with van der Waals surface area (Å²) in [7, 11) is -3.37. The summed E-state index contributed by atoms with van der Waals surface area (Å²) in [5.74, 6) is 0. The molecule has 0 bridgehead atoms. The molecular formula is C17H29NO2S. The maximum Gasteiger partial charge on any atom is 0.240 e. The molecule has 0 atom stereocenters. The zero-order valence-corrected chi connectivity index (χ0v) is 14.6. The number of hydrogen-bond donors (Lipinski definition) is 1. The van der Waals surface area contributed by atoms with Crippen LogP contribution in [0.15, 0.2) is 29.2 Å². The van der Waals surface area contributed by atoms with Gasteiger partial charge < -0.3 is 0 Å². The summed E-state index contributed by atoms with van der Waals surface area (Å²) in [5, 5.41) is 0. The van der Waals surface area contributed by atoms with E-state index in [0.29, 0.717) is 11.4 Å². The van der Waals surface area contributed by atoms with Crippen molar-refractivity contribution in [2.24, 2.45) is 0 Å². The highest BCUT2D eigenvalue weighted by atomic mass is 32.2. The molecule has 21 heavy (non-hydrogen) atoms. The Hall–Kier alpha value is -0.870. The molecule has 1 aromatic rings. The smallest absolute Gasteiger partial charge is 0.211 e. The molecule has 4 heteroatoms. The zero-order valence-electron chi connectivity index (χ0n) is 13.8. The third-order valence-corrected chi connectivity index (χ3v) is 5.08. The van der Waals surface area contributed by atoms with E-state index < -0.39 is 10.0 Å². The van der Waals surface area contributed by atoms with E-state index in [-0.39, 0.29) is 5.41 Å². The van der Waals surface area contributed by atoms with E-state index in [9.17, 15) is 8.42 Å². The largest absolute Gasteiger partial charge is 0.240 e. The molecule has 0 aliphatic carbocycles. The summed E-state index contributed by atoms with van der Waals surface area (Å²) in [6.07, 6.45) is 5.59. The standard InChI is InChI=1S/C17H29NO2S/c1-5-6-7-8-9-14-18-21(19,20)16-12-10-15(11-13-16)17(2,3)4/h10-13,18H,5-9,14H2,1-4H3. The van der Waals surface area contributed by atoms with E-state index >= 15 is 0 Å². The van der Waals surface area contributed by atoms with Gasteiger partial charge in [-0.3, -0.25) is 0 Å². The van der Waals surface area contributed by atoms with Crippen LogP contribution in [0.1, 0.15) is 65.4 Å². The average molecular weight is 311 g/mol. The van der Waals surface area contributed by atoms with Crippen LogP contribution in [0, 0.1) is 0 Å². The Morgan fingerprint density at radius 3 is 2.05 bits per heavy atom. The minimum Gasteiger partial charge on any atom is -0.211 e. The molecule has 1 aromatic carbocycles. The first-order valence-corrected chi connectivity index (χ1v) is 9.36. The van der Waals surface area contributed by atoms with Crippen LogP contribution >= 0.6 is 0 Å². The molecule has 3 nitrogen and oxygen atoms in total. The first kappa shape index (κ1) is 18.2. The van der Waals surface area contributed by atoms with Crippen LogP contribution in [0.4, 0.5) is 0 Å². The van der Waals surface area contributed by atoms with Crippen molar-refractivity contribution in [3.8, 4) is 0 Å². The Labute approximate surface area is 130 Å². The Balaban J connectivity index is 2.54. The zero-order chi connectivity index (χ0) is 15.9. The molecule has 120 valence electrons. The number of benzene rings is 1. The van der Waals surface area contributed by atoms with E-state index in [0.717, 1.165) is 18.4 Å². The van der Waals surface area contributed by atoms with Crippen LogP contribution in [0.25, 0.3) is 0 Å². The van der Waals surface area contributed by atoms with Gasteiger partial charge >= 0.3 is 0 Å². The molecular weight excluding hydrogens is 282 g/mol. The van der Waals surface area contributed by atoms with Gasteiger partial charge in [0.25, 0.3) is 0 Å². The maximum absolute atomic E-state index is 12.2. The lowest BCUT2D eigenvalue weighted by atomic mass is 9.87. The van der Waals surface area contributed by atoms with Gasteiger partial charge in [0.1, 0.15) is 0 Å². The molecule has 0 saturated heterocycles. The molecule has 1 rings (SSSR count). The third kappa shape index (κ3) is 6.18. The third-order valence-electron chi connectivity index (χ3n) is 3.60. The topological polar surface area (TPSA) is 46.2 Å². The number of sulfonamides is 1. The number of nitrogens with one attached hydrogen (secondary N) is 1. The fraction of sp³-hybridized carbons (Fsp3) is 0.647. The minimum atomic E-state index is -3.37. The lowest BCUT2D eigenvalue weighted by Crippen LogP contribution is -2.25. The van der Waals surface area contributed by atoms with Gasteiger partial charge in [0, 0.05) is 6.54 Å². The highest BCUT2D eigenvalue weighted by molar-refractivity contribution is 7.89. The molecule has 0 radical (unpaired) electrons. The van der Waals surface area contributed by atoms with Gasteiger partial charge in [-0.05, 0) is 29.5 Å². The SMILES string of the molecule is CCCCCCCNS(=O)(=O)c1ccc(C(C)(C)C)cc1. The molecule has 0 aliphatic rings. The fourth-order valence-electron chi connectivity index (χ4n) is 2.15. The van der Waals surface area contributed by atoms with Crippen molar-refractivity contribution in [1.82, 2.24) is 4.72 Å². The van der Waals surface area contributed by atoms with Crippen LogP contribution in [0.5, 0.6) is 0 Å². The first-order chi connectivity index (χ1) is 9.77. The summed E-state index contributed by atoms with van der Waals surface area (Å²) in [6, 6.07) is 7.19. The highest BCUT2D eigenvalue weighted by Gasteiger charge is 2.17. The maximum atomic E-state index is 12.2. The van der Waals surface area contributed by atoms with Crippen LogP contribution in [0.3, 0.4) is 0 Å². The Morgan fingerprint density at radius 1 is 0.952 bits per heavy atom. The molecule has 0 heterocycles. The predicted molar refractivity (Wildman–Crippen MR) is 89.1 cm³/mol. The molecule has 0 aromatic heterocycles. The van der Waals surface area contributed by atoms with Crippen molar-refractivity contribution in [2.45, 2.75) is 70.1 Å². The van der Waals surface area contributed by atoms with Crippen LogP contribution < -0.4 is 4.72 Å². The van der Waals surface area contributed by atoms with Crippen molar-refractivity contribution in [1.29, 1.82) is 0 Å². The lowest BCUT2D eigenvalue weighted by Gasteiger charge is -2.19. The van der Waals surface area contributed by atoms with Gasteiger partial charge in [0.15, 0.2) is 0 Å². The summed E-state index contributed by atoms with van der Waals surface area (Å²) in [4.78, 5) is 0.351. The monoisotopic (exact) mass is 311 g/mol. The number of rotatable bonds is 8. The van der Waals surface area contributed by atoms with Crippen molar-refractivity contribution in [3.05, 3.63) is 29.8 Å². The summed E-state index contributed by atoms with van der Waals surface area (Å²) >= 11 is 0. The Morgan fingerprint density at radius 2 is 1.52 bits per heavy atom. The van der Waals surface area contributed by atoms with Crippen molar-refractivity contribution < 1.29 is 8.42 Å². The second-order valence-corrected chi connectivity index (χ2v) is 8.35. The second-order valence-electron chi connectivity index (χ2n) is 6.59. The van der Waals surface area contributed by atoms with Gasteiger partial charge in [-0.25, -0.2) is 13.1 Å². The normalized spacial score (nSPS) is 12.6. The van der Waals surface area contributed by atoms with Crippen LogP contribution in [0.2, 0.25) is 0 Å². The second kappa shape index (κ2) is 7.95. The average Bonchev–Trinajstić information content (AvgIpc) is 2.42. The lowest BCUT2D eigenvalue weighted by molar-refractivity contribution is 0.569. The van der Waals surface area contributed by atoms with E-state index in [1.807, 2.05) is 12.1 Å². The van der Waals surface area contributed by atoms with E-state index in [1.165, 1.54) is 19.3 Å². The predicted octanol–water partition coefficient (Wildman–Crippen LogP) is 4.23. The van der Waals surface area contributed by atoms with Gasteiger partial charge in [0.05, 0.1) is 4.90 Å². The quantitative estimate of drug-likeness (QED) is 0.730. The first-order valence-electron chi connectivity index (χ1n) is 7.87. The van der Waals surface area contributed by atoms with E-state index in [1.54, 1.807) is 12.1 Å². The van der Waals surface area contributed by atoms with Gasteiger partial charge in [-0.2, -0.15) is 0 Å². The van der Waals surface area contributed by atoms with Crippen molar-refractivity contribution >= 4 is 10.0 Å². The summed E-state index contributed by atoms with van der Waals surface area (Å²) < 4.78 is 27.0. The van der Waals surface area contributed by atoms with Gasteiger partial charge in [-0.15, -0.1) is 0 Å². The Bertz CT molecular complexity index is 513. The Kier molecular flexibility index (Phi) is 6.88. The summed E-state index contributed by atoms with van der Waals surface area (Å²) in [6.45, 7) is 9.04. The number of unbranched alkanes of at least 4 members (excludes halogenated alkanes) is 4. The molecule has 0 aliphatic heterocycles. The van der Waals surface area contributed by atoms with E-state index in [2.05, 4.69) is 32.4 Å². The van der Waals surface area contributed by atoms with Crippen molar-refractivity contribution in [3.63, 3.8) is 0 Å². The molecule has 1 N–H and O–H groups in total. The van der Waals surface area contributed by atoms with Gasteiger partial charge in [0.2, 0.25) is 10.0 Å². The minimum absolute atomic E-state index is 0.0367. The fourth-order valence-corrected chi connectivity index (χ4v) is 3.23. The van der Waals surface area contributed by atoms with E-state index in [4.69, 9.17) is 0 Å². The van der Waals surface area contributed by atoms with Crippen LogP contribution in [-0.4, -0.2) is 15.0 Å². The number of hydrogen-bond acceptors (Lipinski definition) is 2. The van der Waals surface area contributed by atoms with Crippen LogP contribution in [-0.2, 0) is 15.4 Å². The highest BCUT2D eigenvalue weighted by Crippen LogP contribution is 2.23. The van der Waals surface area contributed by atoms with Gasteiger partial charge in [-0.1, -0.05) is 65.5 Å². The summed E-state index contributed by atoms with van der Waals surface area (Å²) in [5.41, 5.74) is 1.18. The van der Waals surface area contributed by atoms with Crippen molar-refractivity contribution in [2.75, 3.05) is 6.54 Å². The molecule has 0 amide bonds. The molecule has 0 spiro atoms. The molecule has 0 saturated carbocycles. The molecule has 0 fully saturated rings.